The van der Waals surface area contributed by atoms with E-state index in [9.17, 15) is 4.79 Å². The highest BCUT2D eigenvalue weighted by atomic mass is 16.5. The van der Waals surface area contributed by atoms with Gasteiger partial charge < -0.3 is 4.74 Å². The number of nitrogens with zero attached hydrogens (tertiary/aromatic N) is 2. The maximum absolute atomic E-state index is 11.3. The molecule has 0 aliphatic carbocycles. The lowest BCUT2D eigenvalue weighted by Crippen LogP contribution is -2.32. The van der Waals surface area contributed by atoms with Crippen LogP contribution in [-0.2, 0) is 11.3 Å². The molecule has 0 saturated carbocycles. The van der Waals surface area contributed by atoms with Crippen LogP contribution in [0.25, 0.3) is 0 Å². The molecule has 0 fully saturated rings. The molecule has 1 aromatic heterocycles. The minimum atomic E-state index is -0.349. The number of carbonyl (C=O) groups excluding carboxylic acids is 1. The van der Waals surface area contributed by atoms with Gasteiger partial charge in [-0.3, -0.25) is 9.88 Å². The number of rotatable bonds is 5. The first-order chi connectivity index (χ1) is 8.45. The quantitative estimate of drug-likeness (QED) is 0.752. The van der Waals surface area contributed by atoms with Gasteiger partial charge in [0.25, 0.3) is 0 Å². The van der Waals surface area contributed by atoms with Crippen LogP contribution in [0.2, 0.25) is 0 Å². The molecule has 1 atom stereocenters. The molecule has 0 aliphatic heterocycles. The normalized spacial score (nSPS) is 12.8. The Morgan fingerprint density at radius 2 is 2.06 bits per heavy atom. The number of carbonyl (C=O) groups is 1. The summed E-state index contributed by atoms with van der Waals surface area (Å²) in [5, 5.41) is 0. The van der Waals surface area contributed by atoms with Crippen molar-refractivity contribution in [2.75, 3.05) is 14.2 Å². The summed E-state index contributed by atoms with van der Waals surface area (Å²) in [5.74, 6) is 0.252. The minimum absolute atomic E-state index is 0.349. The second-order valence-electron chi connectivity index (χ2n) is 4.93. The maximum Gasteiger partial charge on any atom is 0.339 e. The molecule has 0 radical (unpaired) electrons. The first-order valence-electron chi connectivity index (χ1n) is 6.19. The Morgan fingerprint density at radius 1 is 1.39 bits per heavy atom. The van der Waals surface area contributed by atoms with Gasteiger partial charge in [0.15, 0.2) is 0 Å². The second kappa shape index (κ2) is 6.50. The van der Waals surface area contributed by atoms with E-state index in [-0.39, 0.29) is 5.97 Å². The summed E-state index contributed by atoms with van der Waals surface area (Å²) >= 11 is 0. The fourth-order valence-corrected chi connectivity index (χ4v) is 1.67. The van der Waals surface area contributed by atoms with Gasteiger partial charge in [-0.05, 0) is 32.0 Å². The van der Waals surface area contributed by atoms with Crippen molar-refractivity contribution in [3.63, 3.8) is 0 Å². The van der Waals surface area contributed by atoms with Crippen LogP contribution in [-0.4, -0.2) is 36.1 Å². The molecule has 1 aromatic rings. The largest absolute Gasteiger partial charge is 0.465 e. The number of methoxy groups -OCH3 is 1. The van der Waals surface area contributed by atoms with Crippen molar-refractivity contribution in [3.8, 4) is 0 Å². The van der Waals surface area contributed by atoms with Crippen molar-refractivity contribution < 1.29 is 9.53 Å². The van der Waals surface area contributed by atoms with Crippen LogP contribution in [0, 0.1) is 5.92 Å². The minimum Gasteiger partial charge on any atom is -0.465 e. The van der Waals surface area contributed by atoms with Gasteiger partial charge >= 0.3 is 5.97 Å². The van der Waals surface area contributed by atoms with Gasteiger partial charge in [0.2, 0.25) is 0 Å². The Balaban J connectivity index is 2.66. The Labute approximate surface area is 109 Å². The number of hydrogen-bond acceptors (Lipinski definition) is 4. The van der Waals surface area contributed by atoms with E-state index in [1.807, 2.05) is 6.07 Å². The Kier molecular flexibility index (Phi) is 5.28. The average Bonchev–Trinajstić information content (AvgIpc) is 2.37. The summed E-state index contributed by atoms with van der Waals surface area (Å²) in [7, 11) is 3.45. The van der Waals surface area contributed by atoms with Crippen LogP contribution < -0.4 is 0 Å². The number of aromatic nitrogens is 1. The zero-order chi connectivity index (χ0) is 13.7. The Morgan fingerprint density at radius 3 is 2.50 bits per heavy atom. The molecule has 4 heteroatoms. The van der Waals surface area contributed by atoms with E-state index in [0.717, 1.165) is 12.2 Å². The van der Waals surface area contributed by atoms with Crippen LogP contribution in [0.4, 0.5) is 0 Å². The molecule has 0 saturated heterocycles. The Bertz CT molecular complexity index is 387. The lowest BCUT2D eigenvalue weighted by molar-refractivity contribution is 0.0600. The molecule has 4 nitrogen and oxygen atoms in total. The maximum atomic E-state index is 11.3. The van der Waals surface area contributed by atoms with E-state index in [4.69, 9.17) is 0 Å². The lowest BCUT2D eigenvalue weighted by Gasteiger charge is -2.27. The molecule has 0 amide bonds. The van der Waals surface area contributed by atoms with Crippen LogP contribution in [0.5, 0.6) is 0 Å². The second-order valence-corrected chi connectivity index (χ2v) is 4.93. The SMILES string of the molecule is COC(=O)c1ccc(CN(C)C(C)C(C)C)nc1. The number of ether oxygens (including phenoxy) is 1. The summed E-state index contributed by atoms with van der Waals surface area (Å²) in [6.45, 7) is 7.39. The van der Waals surface area contributed by atoms with E-state index in [0.29, 0.717) is 17.5 Å². The van der Waals surface area contributed by atoms with Gasteiger partial charge in [-0.15, -0.1) is 0 Å². The van der Waals surface area contributed by atoms with Crippen LogP contribution in [0.1, 0.15) is 36.8 Å². The van der Waals surface area contributed by atoms with Crippen molar-refractivity contribution >= 4 is 5.97 Å². The first kappa shape index (κ1) is 14.6. The number of hydrogen-bond donors (Lipinski definition) is 0. The molecule has 1 rings (SSSR count). The van der Waals surface area contributed by atoms with Gasteiger partial charge in [-0.1, -0.05) is 13.8 Å². The molecule has 0 aromatic carbocycles. The van der Waals surface area contributed by atoms with Crippen molar-refractivity contribution in [2.45, 2.75) is 33.4 Å². The van der Waals surface area contributed by atoms with E-state index in [2.05, 4.69) is 42.4 Å². The molecular weight excluding hydrogens is 228 g/mol. The third kappa shape index (κ3) is 3.81. The average molecular weight is 250 g/mol. The van der Waals surface area contributed by atoms with Crippen molar-refractivity contribution in [2.24, 2.45) is 5.92 Å². The van der Waals surface area contributed by atoms with Crippen LogP contribution in [0.3, 0.4) is 0 Å². The number of esters is 1. The van der Waals surface area contributed by atoms with Gasteiger partial charge in [0.1, 0.15) is 0 Å². The molecule has 0 aliphatic rings. The fourth-order valence-electron chi connectivity index (χ4n) is 1.67. The van der Waals surface area contributed by atoms with E-state index in [1.54, 1.807) is 12.3 Å². The predicted molar refractivity (Wildman–Crippen MR) is 71.3 cm³/mol. The van der Waals surface area contributed by atoms with Crippen LogP contribution >= 0.6 is 0 Å². The molecule has 0 spiro atoms. The summed E-state index contributed by atoms with van der Waals surface area (Å²) in [4.78, 5) is 17.8. The molecular formula is C14H22N2O2. The summed E-state index contributed by atoms with van der Waals surface area (Å²) in [5.41, 5.74) is 1.44. The fraction of sp³-hybridized carbons (Fsp3) is 0.571. The van der Waals surface area contributed by atoms with Gasteiger partial charge in [0, 0.05) is 18.8 Å². The summed E-state index contributed by atoms with van der Waals surface area (Å²) < 4.78 is 4.64. The van der Waals surface area contributed by atoms with Gasteiger partial charge in [0.05, 0.1) is 18.4 Å². The molecule has 0 bridgehead atoms. The molecule has 1 heterocycles. The van der Waals surface area contributed by atoms with Gasteiger partial charge in [-0.25, -0.2) is 4.79 Å². The predicted octanol–water partition coefficient (Wildman–Crippen LogP) is 2.34. The highest BCUT2D eigenvalue weighted by Crippen LogP contribution is 2.11. The third-order valence-corrected chi connectivity index (χ3v) is 3.32. The highest BCUT2D eigenvalue weighted by molar-refractivity contribution is 5.88. The number of pyridine rings is 1. The van der Waals surface area contributed by atoms with Crippen LogP contribution in [0.15, 0.2) is 18.3 Å². The molecule has 0 N–H and O–H groups in total. The molecule has 18 heavy (non-hydrogen) atoms. The monoisotopic (exact) mass is 250 g/mol. The first-order valence-corrected chi connectivity index (χ1v) is 6.19. The zero-order valence-corrected chi connectivity index (χ0v) is 11.8. The standard InChI is InChI=1S/C14H22N2O2/c1-10(2)11(3)16(4)9-13-7-6-12(8-15-13)14(17)18-5/h6-8,10-11H,9H2,1-5H3. The van der Waals surface area contributed by atoms with Crippen molar-refractivity contribution in [1.82, 2.24) is 9.88 Å². The molecule has 1 unspecified atom stereocenters. The topological polar surface area (TPSA) is 42.4 Å². The third-order valence-electron chi connectivity index (χ3n) is 3.32. The highest BCUT2D eigenvalue weighted by Gasteiger charge is 2.14. The van der Waals surface area contributed by atoms with E-state index in [1.165, 1.54) is 7.11 Å². The zero-order valence-electron chi connectivity index (χ0n) is 11.8. The lowest BCUT2D eigenvalue weighted by atomic mass is 10.1. The smallest absolute Gasteiger partial charge is 0.339 e. The van der Waals surface area contributed by atoms with Crippen molar-refractivity contribution in [1.29, 1.82) is 0 Å². The Hall–Kier alpha value is -1.42. The van der Waals surface area contributed by atoms with E-state index >= 15 is 0 Å². The van der Waals surface area contributed by atoms with E-state index < -0.39 is 0 Å². The summed E-state index contributed by atoms with van der Waals surface area (Å²) in [6, 6.07) is 4.12. The van der Waals surface area contributed by atoms with Gasteiger partial charge in [-0.2, -0.15) is 0 Å². The summed E-state index contributed by atoms with van der Waals surface area (Å²) in [6.07, 6.45) is 1.56. The van der Waals surface area contributed by atoms with Crippen molar-refractivity contribution in [3.05, 3.63) is 29.6 Å². The molecule has 100 valence electrons.